The highest BCUT2D eigenvalue weighted by molar-refractivity contribution is 5.96. The first-order chi connectivity index (χ1) is 9.01. The van der Waals surface area contributed by atoms with Crippen molar-refractivity contribution in [1.82, 2.24) is 5.32 Å². The molecule has 0 bridgehead atoms. The molecule has 3 N–H and O–H groups in total. The second kappa shape index (κ2) is 7.02. The van der Waals surface area contributed by atoms with E-state index in [0.29, 0.717) is 23.8 Å². The van der Waals surface area contributed by atoms with Crippen LogP contribution in [0.2, 0.25) is 0 Å². The molecule has 106 valence electrons. The van der Waals surface area contributed by atoms with Gasteiger partial charge in [-0.2, -0.15) is 0 Å². The molecule has 19 heavy (non-hydrogen) atoms. The van der Waals surface area contributed by atoms with Crippen LogP contribution in [0.25, 0.3) is 0 Å². The number of nitrogens with two attached hydrogens (primary N) is 1. The molecular weight excluding hydrogens is 238 g/mol. The van der Waals surface area contributed by atoms with E-state index < -0.39 is 0 Å². The van der Waals surface area contributed by atoms with E-state index in [1.165, 1.54) is 0 Å². The zero-order chi connectivity index (χ0) is 14.4. The molecule has 0 radical (unpaired) electrons. The first-order valence-corrected chi connectivity index (χ1v) is 6.91. The first kappa shape index (κ1) is 15.3. The average Bonchev–Trinajstić information content (AvgIpc) is 2.39. The van der Waals surface area contributed by atoms with Crippen molar-refractivity contribution in [3.05, 3.63) is 23.8 Å². The molecule has 1 unspecified atom stereocenters. The number of nitrogen functional groups attached to an aromatic ring is 1. The Balaban J connectivity index is 2.99. The van der Waals surface area contributed by atoms with Gasteiger partial charge in [0.05, 0.1) is 11.4 Å². The molecule has 0 aliphatic rings. The number of hydrogen-bond donors (Lipinski definition) is 2. The molecule has 1 atom stereocenters. The van der Waals surface area contributed by atoms with Gasteiger partial charge in [-0.15, -0.1) is 0 Å². The Bertz CT molecular complexity index is 431. The van der Waals surface area contributed by atoms with Crippen molar-refractivity contribution in [2.24, 2.45) is 0 Å². The van der Waals surface area contributed by atoms with Gasteiger partial charge in [-0.05, 0) is 38.5 Å². The molecule has 1 aromatic carbocycles. The molecule has 4 nitrogen and oxygen atoms in total. The van der Waals surface area contributed by atoms with E-state index in [1.807, 2.05) is 20.0 Å². The van der Waals surface area contributed by atoms with Crippen molar-refractivity contribution in [1.29, 1.82) is 0 Å². The first-order valence-electron chi connectivity index (χ1n) is 6.91. The number of carbonyl (C=O) groups excluding carboxylic acids is 1. The van der Waals surface area contributed by atoms with E-state index in [0.717, 1.165) is 18.5 Å². The maximum Gasteiger partial charge on any atom is 0.251 e. The van der Waals surface area contributed by atoms with Gasteiger partial charge in [-0.1, -0.05) is 13.3 Å². The van der Waals surface area contributed by atoms with Gasteiger partial charge in [0.1, 0.15) is 0 Å². The lowest BCUT2D eigenvalue weighted by Crippen LogP contribution is -2.30. The molecule has 4 heteroatoms. The van der Waals surface area contributed by atoms with Gasteiger partial charge in [-0.25, -0.2) is 0 Å². The Morgan fingerprint density at radius 1 is 1.42 bits per heavy atom. The van der Waals surface area contributed by atoms with E-state index in [4.69, 9.17) is 5.73 Å². The highest BCUT2D eigenvalue weighted by Gasteiger charge is 2.14. The van der Waals surface area contributed by atoms with Crippen LogP contribution in [-0.4, -0.2) is 25.5 Å². The number of rotatable bonds is 6. The molecule has 1 amide bonds. The molecule has 0 aliphatic carbocycles. The van der Waals surface area contributed by atoms with Crippen molar-refractivity contribution in [2.75, 3.05) is 24.2 Å². The number of carbonyl (C=O) groups is 1. The summed E-state index contributed by atoms with van der Waals surface area (Å²) in [4.78, 5) is 14.0. The summed E-state index contributed by atoms with van der Waals surface area (Å²) in [5.41, 5.74) is 8.31. The fourth-order valence-electron chi connectivity index (χ4n) is 2.10. The molecule has 0 heterocycles. The van der Waals surface area contributed by atoms with Crippen molar-refractivity contribution >= 4 is 17.3 Å². The number of nitrogens with zero attached hydrogens (tertiary/aromatic N) is 1. The van der Waals surface area contributed by atoms with Crippen molar-refractivity contribution in [3.8, 4) is 0 Å². The third kappa shape index (κ3) is 3.88. The minimum absolute atomic E-state index is 0.0553. The standard InChI is InChI=1S/C15H25N3O/c1-5-7-11(3)18(4)14-10-12(8-9-13(14)16)15(19)17-6-2/h8-11H,5-7,16H2,1-4H3,(H,17,19). The molecule has 0 aliphatic heterocycles. The van der Waals surface area contributed by atoms with E-state index in [-0.39, 0.29) is 5.91 Å². The summed E-state index contributed by atoms with van der Waals surface area (Å²) in [6.45, 7) is 6.87. The van der Waals surface area contributed by atoms with E-state index in [1.54, 1.807) is 12.1 Å². The number of hydrogen-bond acceptors (Lipinski definition) is 3. The molecular formula is C15H25N3O. The Hall–Kier alpha value is -1.71. The Morgan fingerprint density at radius 2 is 2.11 bits per heavy atom. The predicted molar refractivity (Wildman–Crippen MR) is 81.6 cm³/mol. The van der Waals surface area contributed by atoms with E-state index in [9.17, 15) is 4.79 Å². The SMILES string of the molecule is CCCC(C)N(C)c1cc(C(=O)NCC)ccc1N. The quantitative estimate of drug-likeness (QED) is 0.776. The second-order valence-corrected chi connectivity index (χ2v) is 4.88. The number of benzene rings is 1. The summed E-state index contributed by atoms with van der Waals surface area (Å²) in [6.07, 6.45) is 2.22. The molecule has 0 saturated heterocycles. The van der Waals surface area contributed by atoms with Crippen LogP contribution in [0.4, 0.5) is 11.4 Å². The van der Waals surface area contributed by atoms with Gasteiger partial charge < -0.3 is 16.0 Å². The average molecular weight is 263 g/mol. The fraction of sp³-hybridized carbons (Fsp3) is 0.533. The van der Waals surface area contributed by atoms with Gasteiger partial charge in [0.15, 0.2) is 0 Å². The Labute approximate surface area is 116 Å². The van der Waals surface area contributed by atoms with Crippen LogP contribution in [0.5, 0.6) is 0 Å². The lowest BCUT2D eigenvalue weighted by atomic mass is 10.1. The summed E-state index contributed by atoms with van der Waals surface area (Å²) >= 11 is 0. The molecule has 0 spiro atoms. The smallest absolute Gasteiger partial charge is 0.251 e. The summed E-state index contributed by atoms with van der Waals surface area (Å²) in [7, 11) is 2.02. The monoisotopic (exact) mass is 263 g/mol. The number of amides is 1. The maximum absolute atomic E-state index is 11.9. The van der Waals surface area contributed by atoms with Gasteiger partial charge >= 0.3 is 0 Å². The second-order valence-electron chi connectivity index (χ2n) is 4.88. The van der Waals surface area contributed by atoms with Crippen LogP contribution in [-0.2, 0) is 0 Å². The van der Waals surface area contributed by atoms with Gasteiger partial charge in [0.25, 0.3) is 5.91 Å². The van der Waals surface area contributed by atoms with Gasteiger partial charge in [0.2, 0.25) is 0 Å². The van der Waals surface area contributed by atoms with Crippen molar-refractivity contribution in [2.45, 2.75) is 39.7 Å². The zero-order valence-electron chi connectivity index (χ0n) is 12.4. The van der Waals surface area contributed by atoms with Gasteiger partial charge in [0, 0.05) is 25.2 Å². The van der Waals surface area contributed by atoms with Crippen molar-refractivity contribution in [3.63, 3.8) is 0 Å². The minimum Gasteiger partial charge on any atom is -0.397 e. The lowest BCUT2D eigenvalue weighted by Gasteiger charge is -2.28. The molecule has 0 aromatic heterocycles. The zero-order valence-corrected chi connectivity index (χ0v) is 12.4. The lowest BCUT2D eigenvalue weighted by molar-refractivity contribution is 0.0956. The normalized spacial score (nSPS) is 12.0. The van der Waals surface area contributed by atoms with Crippen LogP contribution in [0, 0.1) is 0 Å². The van der Waals surface area contributed by atoms with Crippen molar-refractivity contribution < 1.29 is 4.79 Å². The highest BCUT2D eigenvalue weighted by atomic mass is 16.1. The van der Waals surface area contributed by atoms with Crippen LogP contribution >= 0.6 is 0 Å². The fourth-order valence-corrected chi connectivity index (χ4v) is 2.10. The Morgan fingerprint density at radius 3 is 2.68 bits per heavy atom. The molecule has 0 saturated carbocycles. The molecule has 0 fully saturated rings. The van der Waals surface area contributed by atoms with Crippen LogP contribution in [0.3, 0.4) is 0 Å². The maximum atomic E-state index is 11.9. The summed E-state index contributed by atoms with van der Waals surface area (Å²) in [6, 6.07) is 5.83. The van der Waals surface area contributed by atoms with E-state index in [2.05, 4.69) is 24.1 Å². The number of anilines is 2. The predicted octanol–water partition coefficient (Wildman–Crippen LogP) is 2.64. The largest absolute Gasteiger partial charge is 0.397 e. The summed E-state index contributed by atoms with van der Waals surface area (Å²) in [5.74, 6) is -0.0553. The summed E-state index contributed by atoms with van der Waals surface area (Å²) in [5, 5.41) is 2.80. The minimum atomic E-state index is -0.0553. The van der Waals surface area contributed by atoms with E-state index >= 15 is 0 Å². The third-order valence-corrected chi connectivity index (χ3v) is 3.38. The summed E-state index contributed by atoms with van der Waals surface area (Å²) < 4.78 is 0. The topological polar surface area (TPSA) is 58.4 Å². The third-order valence-electron chi connectivity index (χ3n) is 3.38. The highest BCUT2D eigenvalue weighted by Crippen LogP contribution is 2.26. The van der Waals surface area contributed by atoms with Crippen LogP contribution in [0.1, 0.15) is 44.0 Å². The molecule has 1 aromatic rings. The molecule has 1 rings (SSSR count). The van der Waals surface area contributed by atoms with Crippen LogP contribution in [0.15, 0.2) is 18.2 Å². The van der Waals surface area contributed by atoms with Gasteiger partial charge in [-0.3, -0.25) is 4.79 Å². The van der Waals surface area contributed by atoms with Crippen LogP contribution < -0.4 is 16.0 Å². The Kier molecular flexibility index (Phi) is 5.67. The number of nitrogens with one attached hydrogen (secondary N) is 1.